The van der Waals surface area contributed by atoms with Crippen molar-refractivity contribution in [3.05, 3.63) is 12.2 Å². The van der Waals surface area contributed by atoms with E-state index < -0.39 is 5.97 Å². The normalized spacial score (nSPS) is 34.2. The van der Waals surface area contributed by atoms with Gasteiger partial charge in [-0.1, -0.05) is 12.2 Å². The van der Waals surface area contributed by atoms with Gasteiger partial charge < -0.3 is 14.6 Å². The summed E-state index contributed by atoms with van der Waals surface area (Å²) in [4.78, 5) is 21.4. The molecule has 2 aliphatic heterocycles. The van der Waals surface area contributed by atoms with Crippen molar-refractivity contribution in [2.24, 2.45) is 11.8 Å². The van der Waals surface area contributed by atoms with Crippen LogP contribution in [0.5, 0.6) is 0 Å². The molecule has 1 unspecified atom stereocenters. The molecule has 0 aromatic rings. The maximum Gasteiger partial charge on any atom is 0.303 e. The molecule has 18 heavy (non-hydrogen) atoms. The van der Waals surface area contributed by atoms with Gasteiger partial charge in [-0.25, -0.2) is 0 Å². The van der Waals surface area contributed by atoms with Crippen LogP contribution >= 0.6 is 0 Å². The number of carboxylic acid groups (broad SMARTS) is 1. The molecule has 100 valence electrons. The van der Waals surface area contributed by atoms with Crippen LogP contribution < -0.4 is 0 Å². The number of rotatable bonds is 7. The zero-order valence-corrected chi connectivity index (χ0v) is 10.5. The van der Waals surface area contributed by atoms with Gasteiger partial charge in [0, 0.05) is 18.3 Å². The Bertz CT molecular complexity index is 337. The summed E-state index contributed by atoms with van der Waals surface area (Å²) in [6, 6.07) is 0. The summed E-state index contributed by atoms with van der Waals surface area (Å²) in [5.74, 6) is -0.352. The van der Waals surface area contributed by atoms with Crippen molar-refractivity contribution in [3.8, 4) is 0 Å². The van der Waals surface area contributed by atoms with Crippen LogP contribution in [0, 0.1) is 11.8 Å². The Hall–Kier alpha value is -1.16. The first-order valence-corrected chi connectivity index (χ1v) is 6.70. The largest absolute Gasteiger partial charge is 0.481 e. The molecule has 2 saturated heterocycles. The number of aldehydes is 1. The second kappa shape index (κ2) is 6.14. The van der Waals surface area contributed by atoms with Gasteiger partial charge in [0.05, 0.1) is 12.2 Å². The van der Waals surface area contributed by atoms with Gasteiger partial charge in [-0.15, -0.1) is 0 Å². The molecule has 0 aromatic heterocycles. The van der Waals surface area contributed by atoms with Crippen LogP contribution in [0.2, 0.25) is 0 Å². The van der Waals surface area contributed by atoms with Crippen LogP contribution in [0.4, 0.5) is 0 Å². The van der Waals surface area contributed by atoms with Gasteiger partial charge in [0.25, 0.3) is 0 Å². The van der Waals surface area contributed by atoms with E-state index in [0.717, 1.165) is 32.0 Å². The summed E-state index contributed by atoms with van der Waals surface area (Å²) in [7, 11) is 0. The number of carboxylic acids is 1. The van der Waals surface area contributed by atoms with E-state index in [1.54, 1.807) is 0 Å². The van der Waals surface area contributed by atoms with Crippen molar-refractivity contribution in [2.45, 2.75) is 50.7 Å². The Morgan fingerprint density at radius 2 is 2.06 bits per heavy atom. The minimum absolute atomic E-state index is 0.0624. The fourth-order valence-corrected chi connectivity index (χ4v) is 3.05. The standard InChI is InChI=1S/C14H20O4/c15-9-11-10(12-7-8-13(11)18-12)5-3-1-2-4-6-14(16)17/h1,3,9-13H,2,4-8H2,(H,16,17)/b3-1-/t10-,11+,12?,13+/m0/s1. The fourth-order valence-electron chi connectivity index (χ4n) is 3.05. The third-order valence-corrected chi connectivity index (χ3v) is 3.98. The number of hydrogen-bond donors (Lipinski definition) is 1. The highest BCUT2D eigenvalue weighted by atomic mass is 16.5. The first kappa shape index (κ1) is 13.3. The summed E-state index contributed by atoms with van der Waals surface area (Å²) in [6.45, 7) is 0. The summed E-state index contributed by atoms with van der Waals surface area (Å²) in [6.07, 6.45) is 10.2. The molecule has 0 amide bonds. The number of carbonyl (C=O) groups is 2. The molecule has 4 heteroatoms. The quantitative estimate of drug-likeness (QED) is 0.428. The lowest BCUT2D eigenvalue weighted by Crippen LogP contribution is -2.27. The van der Waals surface area contributed by atoms with Crippen LogP contribution in [0.1, 0.15) is 38.5 Å². The average molecular weight is 252 g/mol. The van der Waals surface area contributed by atoms with Crippen LogP contribution in [0.3, 0.4) is 0 Å². The molecule has 0 spiro atoms. The molecule has 0 aliphatic carbocycles. The Labute approximate surface area is 107 Å². The van der Waals surface area contributed by atoms with Gasteiger partial charge in [0.1, 0.15) is 6.29 Å². The Morgan fingerprint density at radius 3 is 2.78 bits per heavy atom. The second-order valence-corrected chi connectivity index (χ2v) is 5.16. The van der Waals surface area contributed by atoms with E-state index in [1.807, 2.05) is 6.08 Å². The first-order chi connectivity index (χ1) is 8.72. The van der Waals surface area contributed by atoms with Gasteiger partial charge in [-0.05, 0) is 32.1 Å². The third-order valence-electron chi connectivity index (χ3n) is 3.98. The van der Waals surface area contributed by atoms with E-state index in [4.69, 9.17) is 9.84 Å². The molecule has 0 radical (unpaired) electrons. The number of allylic oxidation sites excluding steroid dienone is 2. The van der Waals surface area contributed by atoms with Crippen molar-refractivity contribution in [1.82, 2.24) is 0 Å². The summed E-state index contributed by atoms with van der Waals surface area (Å²) in [5.41, 5.74) is 0. The van der Waals surface area contributed by atoms with Crippen LogP contribution in [0.25, 0.3) is 0 Å². The van der Waals surface area contributed by atoms with E-state index in [1.165, 1.54) is 0 Å². The average Bonchev–Trinajstić information content (AvgIpc) is 2.93. The number of aliphatic carboxylic acids is 1. The van der Waals surface area contributed by atoms with Crippen LogP contribution in [-0.4, -0.2) is 29.6 Å². The molecule has 4 atom stereocenters. The van der Waals surface area contributed by atoms with Gasteiger partial charge in [-0.3, -0.25) is 4.79 Å². The predicted octanol–water partition coefficient (Wildman–Crippen LogP) is 2.18. The van der Waals surface area contributed by atoms with Gasteiger partial charge in [0.15, 0.2) is 0 Å². The zero-order valence-electron chi connectivity index (χ0n) is 10.5. The summed E-state index contributed by atoms with van der Waals surface area (Å²) >= 11 is 0. The van der Waals surface area contributed by atoms with Gasteiger partial charge >= 0.3 is 5.97 Å². The predicted molar refractivity (Wildman–Crippen MR) is 66.2 cm³/mol. The maximum atomic E-state index is 11.0. The van der Waals surface area contributed by atoms with E-state index in [0.29, 0.717) is 12.3 Å². The second-order valence-electron chi connectivity index (χ2n) is 5.16. The SMILES string of the molecule is O=C[C@@H]1[C@H](C/C=C\CCCC(=O)O)C2CC[C@H]1O2. The number of hydrogen-bond acceptors (Lipinski definition) is 3. The number of unbranched alkanes of at least 4 members (excludes halogenated alkanes) is 1. The highest BCUT2D eigenvalue weighted by Crippen LogP contribution is 2.44. The monoisotopic (exact) mass is 252 g/mol. The minimum atomic E-state index is -0.745. The molecule has 2 aliphatic rings. The molecule has 0 saturated carbocycles. The van der Waals surface area contributed by atoms with Crippen molar-refractivity contribution in [1.29, 1.82) is 0 Å². The van der Waals surface area contributed by atoms with Gasteiger partial charge in [0.2, 0.25) is 0 Å². The lowest BCUT2D eigenvalue weighted by Gasteiger charge is -2.22. The molecule has 1 N–H and O–H groups in total. The van der Waals surface area contributed by atoms with Gasteiger partial charge in [-0.2, -0.15) is 0 Å². The molecule has 2 heterocycles. The third kappa shape index (κ3) is 2.99. The lowest BCUT2D eigenvalue weighted by molar-refractivity contribution is -0.137. The topological polar surface area (TPSA) is 63.6 Å². The molecule has 0 aromatic carbocycles. The van der Waals surface area contributed by atoms with Crippen LogP contribution in [0.15, 0.2) is 12.2 Å². The minimum Gasteiger partial charge on any atom is -0.481 e. The van der Waals surface area contributed by atoms with Crippen molar-refractivity contribution >= 4 is 12.3 Å². The number of carbonyl (C=O) groups excluding carboxylic acids is 1. The van der Waals surface area contributed by atoms with Crippen molar-refractivity contribution in [2.75, 3.05) is 0 Å². The fraction of sp³-hybridized carbons (Fsp3) is 0.714. The molecule has 2 fully saturated rings. The highest BCUT2D eigenvalue weighted by Gasteiger charge is 2.47. The molecular weight excluding hydrogens is 232 g/mol. The van der Waals surface area contributed by atoms with Crippen molar-refractivity contribution in [3.63, 3.8) is 0 Å². The molecule has 2 bridgehead atoms. The molecular formula is C14H20O4. The maximum absolute atomic E-state index is 11.0. The smallest absolute Gasteiger partial charge is 0.303 e. The Morgan fingerprint density at radius 1 is 1.28 bits per heavy atom. The van der Waals surface area contributed by atoms with Crippen molar-refractivity contribution < 1.29 is 19.4 Å². The number of ether oxygens (including phenoxy) is 1. The van der Waals surface area contributed by atoms with E-state index >= 15 is 0 Å². The van der Waals surface area contributed by atoms with E-state index in [9.17, 15) is 9.59 Å². The first-order valence-electron chi connectivity index (χ1n) is 6.70. The Balaban J connectivity index is 1.71. The molecule has 2 rings (SSSR count). The lowest BCUT2D eigenvalue weighted by atomic mass is 9.78. The van der Waals surface area contributed by atoms with Crippen LogP contribution in [-0.2, 0) is 14.3 Å². The summed E-state index contributed by atoms with van der Waals surface area (Å²) < 4.78 is 5.76. The highest BCUT2D eigenvalue weighted by molar-refractivity contribution is 5.66. The van der Waals surface area contributed by atoms with E-state index in [-0.39, 0.29) is 24.5 Å². The van der Waals surface area contributed by atoms with E-state index in [2.05, 4.69) is 6.08 Å². The zero-order chi connectivity index (χ0) is 13.0. The number of fused-ring (bicyclic) bond motifs is 2. The molecule has 4 nitrogen and oxygen atoms in total. The Kier molecular flexibility index (Phi) is 4.53. The summed E-state index contributed by atoms with van der Waals surface area (Å²) in [5, 5.41) is 8.50.